The summed E-state index contributed by atoms with van der Waals surface area (Å²) >= 11 is 1.58. The van der Waals surface area contributed by atoms with Gasteiger partial charge in [-0.25, -0.2) is 4.99 Å². The van der Waals surface area contributed by atoms with Crippen LogP contribution in [0.3, 0.4) is 0 Å². The second kappa shape index (κ2) is 7.54. The highest BCUT2D eigenvalue weighted by atomic mass is 32.2. The van der Waals surface area contributed by atoms with E-state index in [2.05, 4.69) is 15.5 Å². The van der Waals surface area contributed by atoms with Gasteiger partial charge in [-0.05, 0) is 25.1 Å². The fourth-order valence-electron chi connectivity index (χ4n) is 3.30. The number of methoxy groups -OCH3 is 1. The van der Waals surface area contributed by atoms with Gasteiger partial charge in [0, 0.05) is 24.0 Å². The number of amidine groups is 1. The number of rotatable bonds is 4. The minimum absolute atomic E-state index is 0.0265. The van der Waals surface area contributed by atoms with Crippen LogP contribution in [0.15, 0.2) is 64.7 Å². The smallest absolute Gasteiger partial charge is 0.257 e. The van der Waals surface area contributed by atoms with Crippen molar-refractivity contribution in [2.45, 2.75) is 19.2 Å². The molecular weight excluding hydrogens is 360 g/mol. The molecule has 2 aromatic rings. The summed E-state index contributed by atoms with van der Waals surface area (Å²) in [4.78, 5) is 19.2. The molecule has 1 N–H and O–H groups in total. The molecule has 0 fully saturated rings. The Morgan fingerprint density at radius 3 is 2.67 bits per heavy atom. The molecule has 0 saturated carbocycles. The highest BCUT2D eigenvalue weighted by molar-refractivity contribution is 8.14. The third-order valence-corrected chi connectivity index (χ3v) is 5.60. The number of fused-ring (bicyclic) bond motifs is 1. The third-order valence-electron chi connectivity index (χ3n) is 4.71. The van der Waals surface area contributed by atoms with Crippen molar-refractivity contribution in [2.24, 2.45) is 10.1 Å². The minimum Gasteiger partial charge on any atom is -0.357 e. The molecule has 7 heteroatoms. The number of hydrazone groups is 1. The van der Waals surface area contributed by atoms with Gasteiger partial charge >= 0.3 is 0 Å². The van der Waals surface area contributed by atoms with E-state index >= 15 is 0 Å². The van der Waals surface area contributed by atoms with Gasteiger partial charge in [0.15, 0.2) is 11.4 Å². The maximum Gasteiger partial charge on any atom is 0.257 e. The molecule has 2 aliphatic rings. The van der Waals surface area contributed by atoms with Gasteiger partial charge < -0.3 is 9.64 Å². The minimum atomic E-state index is -0.393. The Balaban J connectivity index is 1.53. The largest absolute Gasteiger partial charge is 0.357 e. The van der Waals surface area contributed by atoms with E-state index < -0.39 is 6.23 Å². The van der Waals surface area contributed by atoms with Gasteiger partial charge in [-0.1, -0.05) is 48.2 Å². The number of hydrogen-bond donors (Lipinski definition) is 1. The summed E-state index contributed by atoms with van der Waals surface area (Å²) in [5, 5.41) is 5.23. The molecule has 2 unspecified atom stereocenters. The molecule has 0 saturated heterocycles. The molecular formula is C20H20N4O2S. The van der Waals surface area contributed by atoms with Crippen LogP contribution < -0.4 is 5.43 Å². The number of nitrogens with zero attached hydrogens (tertiary/aromatic N) is 3. The Labute approximate surface area is 162 Å². The highest BCUT2D eigenvalue weighted by Gasteiger charge is 2.41. The van der Waals surface area contributed by atoms with Crippen LogP contribution in [0.4, 0.5) is 5.69 Å². The zero-order valence-electron chi connectivity index (χ0n) is 15.1. The van der Waals surface area contributed by atoms with Crippen LogP contribution in [-0.4, -0.2) is 40.6 Å². The Morgan fingerprint density at radius 1 is 1.22 bits per heavy atom. The zero-order chi connectivity index (χ0) is 18.8. The van der Waals surface area contributed by atoms with Crippen molar-refractivity contribution in [3.63, 3.8) is 0 Å². The molecule has 138 valence electrons. The number of ether oxygens (including phenoxy) is 1. The molecule has 0 aliphatic carbocycles. The van der Waals surface area contributed by atoms with Crippen LogP contribution in [0.2, 0.25) is 0 Å². The van der Waals surface area contributed by atoms with Gasteiger partial charge in [0.1, 0.15) is 0 Å². The van der Waals surface area contributed by atoms with Crippen molar-refractivity contribution in [3.05, 3.63) is 65.7 Å². The lowest BCUT2D eigenvalue weighted by molar-refractivity contribution is -0.0183. The summed E-state index contributed by atoms with van der Waals surface area (Å²) in [6, 6.07) is 17.1. The predicted molar refractivity (Wildman–Crippen MR) is 108 cm³/mol. The van der Waals surface area contributed by atoms with Crippen molar-refractivity contribution in [1.82, 2.24) is 10.3 Å². The van der Waals surface area contributed by atoms with Crippen LogP contribution in [0.25, 0.3) is 0 Å². The molecule has 0 bridgehead atoms. The van der Waals surface area contributed by atoms with Gasteiger partial charge in [-0.15, -0.1) is 0 Å². The van der Waals surface area contributed by atoms with E-state index in [-0.39, 0.29) is 11.9 Å². The fraction of sp³-hybridized carbons (Fsp3) is 0.250. The Hall–Kier alpha value is -2.64. The Kier molecular flexibility index (Phi) is 4.96. The van der Waals surface area contributed by atoms with E-state index in [1.54, 1.807) is 23.8 Å². The molecule has 0 radical (unpaired) electrons. The first-order valence-corrected chi connectivity index (χ1v) is 9.71. The Bertz CT molecular complexity index is 913. The van der Waals surface area contributed by atoms with Crippen LogP contribution in [0.1, 0.15) is 29.1 Å². The summed E-state index contributed by atoms with van der Waals surface area (Å²) in [6.45, 7) is 1.98. The molecule has 27 heavy (non-hydrogen) atoms. The molecule has 2 aromatic carbocycles. The molecule has 0 spiro atoms. The number of carbonyl (C=O) groups is 1. The van der Waals surface area contributed by atoms with E-state index in [9.17, 15) is 4.79 Å². The van der Waals surface area contributed by atoms with E-state index in [0.29, 0.717) is 11.3 Å². The van der Waals surface area contributed by atoms with Gasteiger partial charge in [-0.2, -0.15) is 5.10 Å². The summed E-state index contributed by atoms with van der Waals surface area (Å²) < 4.78 is 5.63. The lowest BCUT2D eigenvalue weighted by Crippen LogP contribution is -2.45. The molecule has 2 heterocycles. The molecule has 0 aromatic heterocycles. The summed E-state index contributed by atoms with van der Waals surface area (Å²) in [5.74, 6) is 0.637. The molecule has 2 atom stereocenters. The topological polar surface area (TPSA) is 66.3 Å². The predicted octanol–water partition coefficient (Wildman–Crippen LogP) is 3.56. The highest BCUT2D eigenvalue weighted by Crippen LogP contribution is 2.36. The monoisotopic (exact) mass is 380 g/mol. The van der Waals surface area contributed by atoms with Crippen LogP contribution in [0, 0.1) is 0 Å². The van der Waals surface area contributed by atoms with Crippen molar-refractivity contribution in [3.8, 4) is 0 Å². The number of amides is 1. The molecule has 1 amide bonds. The van der Waals surface area contributed by atoms with Crippen molar-refractivity contribution >= 4 is 34.2 Å². The van der Waals surface area contributed by atoms with E-state index in [1.165, 1.54) is 0 Å². The summed E-state index contributed by atoms with van der Waals surface area (Å²) in [6.07, 6.45) is -0.393. The van der Waals surface area contributed by atoms with E-state index in [1.807, 2.05) is 61.5 Å². The molecule has 4 rings (SSSR count). The van der Waals surface area contributed by atoms with E-state index in [4.69, 9.17) is 4.74 Å². The second-order valence-corrected chi connectivity index (χ2v) is 7.28. The van der Waals surface area contributed by atoms with Crippen molar-refractivity contribution < 1.29 is 9.53 Å². The van der Waals surface area contributed by atoms with E-state index in [0.717, 1.165) is 22.1 Å². The Morgan fingerprint density at radius 2 is 1.96 bits per heavy atom. The quantitative estimate of drug-likeness (QED) is 0.881. The maximum absolute atomic E-state index is 12.9. The number of thioether (sulfide) groups is 1. The maximum atomic E-state index is 12.9. The molecule has 2 aliphatic heterocycles. The average Bonchev–Trinajstić information content (AvgIpc) is 3.01. The first-order chi connectivity index (χ1) is 13.2. The number of hydrogen-bond acceptors (Lipinski definition) is 5. The zero-order valence-corrected chi connectivity index (χ0v) is 15.9. The van der Waals surface area contributed by atoms with Crippen LogP contribution >= 0.6 is 11.8 Å². The van der Waals surface area contributed by atoms with Crippen molar-refractivity contribution in [1.29, 1.82) is 0 Å². The fourth-order valence-corrected chi connectivity index (χ4v) is 4.17. The normalized spacial score (nSPS) is 21.6. The summed E-state index contributed by atoms with van der Waals surface area (Å²) in [7, 11) is 1.63. The SMILES string of the molecule is COC1c2ccccc2C(=O)N1C(C)C1=NNC(=Nc2ccccc2)SC1. The lowest BCUT2D eigenvalue weighted by Gasteiger charge is -2.32. The lowest BCUT2D eigenvalue weighted by atomic mass is 10.1. The van der Waals surface area contributed by atoms with Gasteiger partial charge in [0.2, 0.25) is 0 Å². The number of carbonyl (C=O) groups excluding carboxylic acids is 1. The number of benzene rings is 2. The standard InChI is InChI=1S/C20H20N4O2S/c1-13(24-18(25)15-10-6-7-11-16(15)19(24)26-2)17-12-27-20(23-22-17)21-14-8-4-3-5-9-14/h3-11,13,19H,12H2,1-2H3,(H,21,23). The first-order valence-electron chi connectivity index (χ1n) is 8.72. The van der Waals surface area contributed by atoms with Gasteiger partial charge in [0.05, 0.1) is 17.4 Å². The number of nitrogens with one attached hydrogen (secondary N) is 1. The number of aliphatic imine (C=N–C) groups is 1. The second-order valence-electron chi connectivity index (χ2n) is 6.32. The van der Waals surface area contributed by atoms with Gasteiger partial charge in [0.25, 0.3) is 5.91 Å². The van der Waals surface area contributed by atoms with Crippen LogP contribution in [-0.2, 0) is 4.74 Å². The summed E-state index contributed by atoms with van der Waals surface area (Å²) in [5.41, 5.74) is 6.37. The third kappa shape index (κ3) is 3.36. The molecule has 6 nitrogen and oxygen atoms in total. The van der Waals surface area contributed by atoms with Crippen LogP contribution in [0.5, 0.6) is 0 Å². The number of para-hydroxylation sites is 1. The van der Waals surface area contributed by atoms with Gasteiger partial charge in [-0.3, -0.25) is 10.2 Å². The average molecular weight is 380 g/mol. The van der Waals surface area contributed by atoms with Crippen molar-refractivity contribution in [2.75, 3.05) is 12.9 Å². The first kappa shape index (κ1) is 17.8.